The number of aromatic nitrogens is 1. The lowest BCUT2D eigenvalue weighted by Gasteiger charge is -2.12. The average molecular weight is 365 g/mol. The Morgan fingerprint density at radius 3 is 2.65 bits per heavy atom. The lowest BCUT2D eigenvalue weighted by atomic mass is 10.2. The highest BCUT2D eigenvalue weighted by molar-refractivity contribution is 6.04. The van der Waals surface area contributed by atoms with Crippen LogP contribution in [0.3, 0.4) is 0 Å². The Kier molecular flexibility index (Phi) is 5.41. The number of nitrogens with zero attached hydrogens (tertiary/aromatic N) is 1. The van der Waals surface area contributed by atoms with Crippen LogP contribution in [-0.2, 0) is 10.9 Å². The van der Waals surface area contributed by atoms with Gasteiger partial charge in [-0.05, 0) is 49.2 Å². The molecule has 5 nitrogen and oxygen atoms in total. The van der Waals surface area contributed by atoms with Crippen molar-refractivity contribution < 1.29 is 22.7 Å². The molecule has 1 saturated heterocycles. The predicted molar refractivity (Wildman–Crippen MR) is 91.1 cm³/mol. The molecule has 1 aliphatic heterocycles. The molecule has 1 fully saturated rings. The zero-order valence-electron chi connectivity index (χ0n) is 13.8. The Labute approximate surface area is 148 Å². The first kappa shape index (κ1) is 18.2. The van der Waals surface area contributed by atoms with Gasteiger partial charge in [-0.2, -0.15) is 13.2 Å². The third-order valence-corrected chi connectivity index (χ3v) is 4.03. The van der Waals surface area contributed by atoms with Gasteiger partial charge in [-0.3, -0.25) is 4.79 Å². The summed E-state index contributed by atoms with van der Waals surface area (Å²) in [4.78, 5) is 16.5. The summed E-state index contributed by atoms with van der Waals surface area (Å²) in [6, 6.07) is 7.43. The number of amides is 1. The van der Waals surface area contributed by atoms with Crippen molar-refractivity contribution >= 4 is 17.4 Å². The summed E-state index contributed by atoms with van der Waals surface area (Å²) >= 11 is 0. The molecule has 2 aromatic rings. The van der Waals surface area contributed by atoms with Gasteiger partial charge in [0.1, 0.15) is 5.82 Å². The first-order valence-electron chi connectivity index (χ1n) is 8.22. The fraction of sp³-hybridized carbons (Fsp3) is 0.333. The van der Waals surface area contributed by atoms with Gasteiger partial charge in [0.05, 0.1) is 11.7 Å². The van der Waals surface area contributed by atoms with Gasteiger partial charge in [-0.15, -0.1) is 0 Å². The van der Waals surface area contributed by atoms with E-state index >= 15 is 0 Å². The molecule has 26 heavy (non-hydrogen) atoms. The number of alkyl halides is 3. The highest BCUT2D eigenvalue weighted by Crippen LogP contribution is 2.29. The fourth-order valence-electron chi connectivity index (χ4n) is 2.64. The normalized spacial score (nSPS) is 17.1. The molecule has 1 unspecified atom stereocenters. The van der Waals surface area contributed by atoms with Crippen LogP contribution in [0, 0.1) is 0 Å². The second kappa shape index (κ2) is 7.74. The Morgan fingerprint density at radius 2 is 2.00 bits per heavy atom. The SMILES string of the molecule is O=C(Nc1ccc(C(F)(F)F)cc1)c1ccnc(NCC2CCCO2)c1. The number of carbonyl (C=O) groups excluding carboxylic acids is 1. The van der Waals surface area contributed by atoms with E-state index in [1.165, 1.54) is 24.4 Å². The van der Waals surface area contributed by atoms with E-state index in [9.17, 15) is 18.0 Å². The van der Waals surface area contributed by atoms with Crippen LogP contribution < -0.4 is 10.6 Å². The maximum atomic E-state index is 12.6. The summed E-state index contributed by atoms with van der Waals surface area (Å²) in [5.41, 5.74) is -0.122. The topological polar surface area (TPSA) is 63.2 Å². The van der Waals surface area contributed by atoms with Crippen LogP contribution in [0.15, 0.2) is 42.6 Å². The van der Waals surface area contributed by atoms with E-state index in [0.717, 1.165) is 31.6 Å². The molecule has 2 heterocycles. The molecule has 1 aromatic heterocycles. The Bertz CT molecular complexity index is 757. The summed E-state index contributed by atoms with van der Waals surface area (Å²) in [5.74, 6) is 0.118. The van der Waals surface area contributed by atoms with Gasteiger partial charge in [0.25, 0.3) is 5.91 Å². The predicted octanol–water partition coefficient (Wildman–Crippen LogP) is 3.94. The van der Waals surface area contributed by atoms with Crippen LogP contribution in [0.2, 0.25) is 0 Å². The molecule has 1 amide bonds. The van der Waals surface area contributed by atoms with Crippen LogP contribution in [0.25, 0.3) is 0 Å². The zero-order valence-corrected chi connectivity index (χ0v) is 13.8. The second-order valence-corrected chi connectivity index (χ2v) is 5.97. The van der Waals surface area contributed by atoms with Crippen LogP contribution >= 0.6 is 0 Å². The average Bonchev–Trinajstić information content (AvgIpc) is 3.13. The van der Waals surface area contributed by atoms with Gasteiger partial charge in [-0.1, -0.05) is 0 Å². The highest BCUT2D eigenvalue weighted by Gasteiger charge is 2.30. The van der Waals surface area contributed by atoms with E-state index in [0.29, 0.717) is 17.9 Å². The number of ether oxygens (including phenoxy) is 1. The quantitative estimate of drug-likeness (QED) is 0.842. The first-order chi connectivity index (χ1) is 12.4. The third kappa shape index (κ3) is 4.72. The number of rotatable bonds is 5. The molecule has 8 heteroatoms. The number of carbonyl (C=O) groups is 1. The van der Waals surface area contributed by atoms with Crippen molar-refractivity contribution in [1.29, 1.82) is 0 Å². The standard InChI is InChI=1S/C18H18F3N3O2/c19-18(20,21)13-3-5-14(6-4-13)24-17(25)12-7-8-22-16(10-12)23-11-15-2-1-9-26-15/h3-8,10,15H,1-2,9,11H2,(H,22,23)(H,24,25). The molecule has 1 aromatic carbocycles. The van der Waals surface area contributed by atoms with E-state index in [1.807, 2.05) is 0 Å². The molecule has 0 radical (unpaired) electrons. The molecule has 0 aliphatic carbocycles. The zero-order chi connectivity index (χ0) is 18.6. The molecule has 1 aliphatic rings. The molecule has 0 spiro atoms. The van der Waals surface area contributed by atoms with Crippen LogP contribution in [0.4, 0.5) is 24.7 Å². The molecular weight excluding hydrogens is 347 g/mol. The molecule has 138 valence electrons. The van der Waals surface area contributed by atoms with E-state index in [4.69, 9.17) is 4.74 Å². The molecule has 3 rings (SSSR count). The Balaban J connectivity index is 1.61. The molecule has 2 N–H and O–H groups in total. The van der Waals surface area contributed by atoms with Crippen molar-refractivity contribution in [3.05, 3.63) is 53.7 Å². The lowest BCUT2D eigenvalue weighted by molar-refractivity contribution is -0.137. The van der Waals surface area contributed by atoms with Crippen molar-refractivity contribution in [2.45, 2.75) is 25.1 Å². The smallest absolute Gasteiger partial charge is 0.376 e. The Morgan fingerprint density at radius 1 is 1.23 bits per heavy atom. The second-order valence-electron chi connectivity index (χ2n) is 5.97. The number of nitrogens with one attached hydrogen (secondary N) is 2. The highest BCUT2D eigenvalue weighted by atomic mass is 19.4. The monoisotopic (exact) mass is 365 g/mol. The van der Waals surface area contributed by atoms with E-state index < -0.39 is 17.6 Å². The number of anilines is 2. The van der Waals surface area contributed by atoms with Crippen molar-refractivity contribution in [3.63, 3.8) is 0 Å². The van der Waals surface area contributed by atoms with Crippen LogP contribution in [0.1, 0.15) is 28.8 Å². The molecule has 1 atom stereocenters. The van der Waals surface area contributed by atoms with Gasteiger partial charge in [-0.25, -0.2) is 4.98 Å². The summed E-state index contributed by atoms with van der Waals surface area (Å²) < 4.78 is 43.2. The Hall–Kier alpha value is -2.61. The number of pyridine rings is 1. The minimum atomic E-state index is -4.41. The number of hydrogen-bond acceptors (Lipinski definition) is 4. The fourth-order valence-corrected chi connectivity index (χ4v) is 2.64. The van der Waals surface area contributed by atoms with Gasteiger partial charge >= 0.3 is 6.18 Å². The van der Waals surface area contributed by atoms with Crippen molar-refractivity contribution in [3.8, 4) is 0 Å². The van der Waals surface area contributed by atoms with E-state index in [1.54, 1.807) is 6.07 Å². The summed E-state index contributed by atoms with van der Waals surface area (Å²) in [5, 5.41) is 5.70. The minimum absolute atomic E-state index is 0.140. The van der Waals surface area contributed by atoms with Gasteiger partial charge in [0.15, 0.2) is 0 Å². The maximum absolute atomic E-state index is 12.6. The lowest BCUT2D eigenvalue weighted by Crippen LogP contribution is -2.19. The molecule has 0 bridgehead atoms. The third-order valence-electron chi connectivity index (χ3n) is 4.03. The van der Waals surface area contributed by atoms with E-state index in [-0.39, 0.29) is 11.8 Å². The first-order valence-corrected chi connectivity index (χ1v) is 8.22. The van der Waals surface area contributed by atoms with Crippen molar-refractivity contribution in [1.82, 2.24) is 4.98 Å². The van der Waals surface area contributed by atoms with Crippen LogP contribution in [-0.4, -0.2) is 30.1 Å². The van der Waals surface area contributed by atoms with E-state index in [2.05, 4.69) is 15.6 Å². The largest absolute Gasteiger partial charge is 0.416 e. The summed E-state index contributed by atoms with van der Waals surface area (Å²) in [6.45, 7) is 1.37. The summed E-state index contributed by atoms with van der Waals surface area (Å²) in [7, 11) is 0. The molecular formula is C18H18F3N3O2. The maximum Gasteiger partial charge on any atom is 0.416 e. The van der Waals surface area contributed by atoms with Crippen LogP contribution in [0.5, 0.6) is 0 Å². The molecule has 0 saturated carbocycles. The van der Waals surface area contributed by atoms with Gasteiger partial charge in [0, 0.05) is 30.6 Å². The summed E-state index contributed by atoms with van der Waals surface area (Å²) in [6.07, 6.45) is -0.742. The van der Waals surface area contributed by atoms with Crippen molar-refractivity contribution in [2.24, 2.45) is 0 Å². The number of halogens is 3. The van der Waals surface area contributed by atoms with Gasteiger partial charge < -0.3 is 15.4 Å². The van der Waals surface area contributed by atoms with Crippen molar-refractivity contribution in [2.75, 3.05) is 23.8 Å². The minimum Gasteiger partial charge on any atom is -0.376 e. The number of benzene rings is 1. The van der Waals surface area contributed by atoms with Gasteiger partial charge in [0.2, 0.25) is 0 Å². The number of hydrogen-bond donors (Lipinski definition) is 2.